The average Bonchev–Trinajstić information content (AvgIpc) is 3.10. The first-order valence-electron chi connectivity index (χ1n) is 6.16. The number of hydrogen-bond donors (Lipinski definition) is 1. The van der Waals surface area contributed by atoms with E-state index in [4.69, 9.17) is 5.11 Å². The second kappa shape index (κ2) is 4.39. The van der Waals surface area contributed by atoms with Gasteiger partial charge in [0.2, 0.25) is 0 Å². The summed E-state index contributed by atoms with van der Waals surface area (Å²) in [6.45, 7) is 0.668. The normalized spacial score (nSPS) is 28.4. The average molecular weight is 323 g/mol. The van der Waals surface area contributed by atoms with Crippen molar-refractivity contribution in [1.29, 1.82) is 0 Å². The minimum absolute atomic E-state index is 0.0144. The molecular formula is C12H9N3O4S2. The third-order valence-corrected chi connectivity index (χ3v) is 5.91. The third kappa shape index (κ3) is 1.78. The van der Waals surface area contributed by atoms with Crippen LogP contribution in [0.15, 0.2) is 28.0 Å². The SMILES string of the molecule is O=C(O)C1=CS[C@@H]2/C(=C\c3cn4c(n3)[S@+]([O-])CC4)C(=O)N12. The van der Waals surface area contributed by atoms with Crippen LogP contribution >= 0.6 is 11.8 Å². The van der Waals surface area contributed by atoms with Crippen LogP contribution in [-0.4, -0.2) is 47.1 Å². The molecule has 3 aliphatic heterocycles. The molecule has 0 bridgehead atoms. The molecule has 3 aliphatic rings. The smallest absolute Gasteiger partial charge is 0.353 e. The highest BCUT2D eigenvalue weighted by molar-refractivity contribution is 8.03. The third-order valence-electron chi connectivity index (χ3n) is 3.54. The topological polar surface area (TPSA) is 98.5 Å². The number of hydrogen-bond acceptors (Lipinski definition) is 5. The maximum absolute atomic E-state index is 12.0. The van der Waals surface area contributed by atoms with E-state index in [1.165, 1.54) is 22.1 Å². The lowest BCUT2D eigenvalue weighted by atomic mass is 10.0. The fourth-order valence-corrected chi connectivity index (χ4v) is 4.80. The van der Waals surface area contributed by atoms with Crippen molar-refractivity contribution in [2.45, 2.75) is 17.1 Å². The summed E-state index contributed by atoms with van der Waals surface area (Å²) >= 11 is 0.223. The van der Waals surface area contributed by atoms with Crippen LogP contribution in [0.2, 0.25) is 0 Å². The molecule has 0 aromatic carbocycles. The summed E-state index contributed by atoms with van der Waals surface area (Å²) in [4.78, 5) is 28.6. The van der Waals surface area contributed by atoms with Crippen molar-refractivity contribution in [2.24, 2.45) is 0 Å². The number of thioether (sulfide) groups is 1. The molecule has 0 spiro atoms. The fraction of sp³-hybridized carbons (Fsp3) is 0.250. The number of amides is 1. The Labute approximate surface area is 126 Å². The van der Waals surface area contributed by atoms with Crippen molar-refractivity contribution < 1.29 is 19.2 Å². The molecule has 1 amide bonds. The Morgan fingerprint density at radius 3 is 3.14 bits per heavy atom. The van der Waals surface area contributed by atoms with Crippen LogP contribution in [0.25, 0.3) is 6.08 Å². The monoisotopic (exact) mass is 323 g/mol. The van der Waals surface area contributed by atoms with Gasteiger partial charge in [-0.15, -0.1) is 11.8 Å². The predicted octanol–water partition coefficient (Wildman–Crippen LogP) is 0.229. The molecule has 1 aromatic rings. The van der Waals surface area contributed by atoms with Crippen LogP contribution in [0.5, 0.6) is 0 Å². The molecule has 4 heterocycles. The van der Waals surface area contributed by atoms with Crippen molar-refractivity contribution in [2.75, 3.05) is 5.75 Å². The molecule has 0 unspecified atom stereocenters. The molecule has 0 saturated carbocycles. The lowest BCUT2D eigenvalue weighted by molar-refractivity contribution is -0.141. The minimum Gasteiger partial charge on any atom is -0.609 e. The highest BCUT2D eigenvalue weighted by Gasteiger charge is 2.49. The summed E-state index contributed by atoms with van der Waals surface area (Å²) in [5.74, 6) is -0.835. The van der Waals surface area contributed by atoms with E-state index >= 15 is 0 Å². The number of carboxylic acids is 1. The standard InChI is InChI=1S/C12H9N3O4S2/c16-9-7(10-15(9)8(5-20-10)11(17)18)3-6-4-14-1-2-21(19)12(14)13-6/h3-5,10H,1-2H2,(H,17,18)/b7-3-/t10-,21-/m1/s1. The largest absolute Gasteiger partial charge is 0.609 e. The summed E-state index contributed by atoms with van der Waals surface area (Å²) in [5.41, 5.74) is 1.13. The van der Waals surface area contributed by atoms with Crippen LogP contribution in [0.4, 0.5) is 0 Å². The van der Waals surface area contributed by atoms with Crippen LogP contribution in [-0.2, 0) is 27.3 Å². The summed E-state index contributed by atoms with van der Waals surface area (Å²) < 4.78 is 13.5. The van der Waals surface area contributed by atoms with Crippen LogP contribution in [0, 0.1) is 0 Å². The molecule has 9 heteroatoms. The van der Waals surface area contributed by atoms with Gasteiger partial charge in [0.1, 0.15) is 16.8 Å². The molecule has 0 aliphatic carbocycles. The molecule has 7 nitrogen and oxygen atoms in total. The highest BCUT2D eigenvalue weighted by Crippen LogP contribution is 2.45. The lowest BCUT2D eigenvalue weighted by Gasteiger charge is -2.36. The molecular weight excluding hydrogens is 314 g/mol. The summed E-state index contributed by atoms with van der Waals surface area (Å²) in [6, 6.07) is 0. The van der Waals surface area contributed by atoms with Crippen LogP contribution in [0.1, 0.15) is 5.69 Å². The lowest BCUT2D eigenvalue weighted by Crippen LogP contribution is -2.51. The first-order chi connectivity index (χ1) is 10.1. The minimum atomic E-state index is -1.10. The number of rotatable bonds is 2. The summed E-state index contributed by atoms with van der Waals surface area (Å²) in [6.07, 6.45) is 3.42. The van der Waals surface area contributed by atoms with E-state index in [9.17, 15) is 14.1 Å². The van der Waals surface area contributed by atoms with Crippen molar-refractivity contribution >= 4 is 40.9 Å². The zero-order valence-electron chi connectivity index (χ0n) is 10.6. The second-order valence-electron chi connectivity index (χ2n) is 4.76. The van der Waals surface area contributed by atoms with Gasteiger partial charge in [-0.2, -0.15) is 4.98 Å². The molecule has 0 radical (unpaired) electrons. The molecule has 1 aromatic heterocycles. The Bertz CT molecular complexity index is 739. The van der Waals surface area contributed by atoms with Crippen molar-refractivity contribution in [3.63, 3.8) is 0 Å². The molecule has 1 saturated heterocycles. The maximum Gasteiger partial charge on any atom is 0.353 e. The number of β-lactam (4-membered cyclic amide) rings is 1. The van der Waals surface area contributed by atoms with E-state index in [1.54, 1.807) is 12.3 Å². The molecule has 1 N–H and O–H groups in total. The summed E-state index contributed by atoms with van der Waals surface area (Å²) in [5, 5.41) is 10.7. The van der Waals surface area contributed by atoms with Gasteiger partial charge in [-0.25, -0.2) is 4.79 Å². The number of fused-ring (bicyclic) bond motifs is 2. The van der Waals surface area contributed by atoms with E-state index in [0.717, 1.165) is 0 Å². The first-order valence-corrected chi connectivity index (χ1v) is 8.42. The molecule has 4 rings (SSSR count). The van der Waals surface area contributed by atoms with Gasteiger partial charge < -0.3 is 9.66 Å². The maximum atomic E-state index is 12.0. The number of carboxylic acid groups (broad SMARTS) is 1. The van der Waals surface area contributed by atoms with Gasteiger partial charge in [-0.05, 0) is 6.08 Å². The molecule has 108 valence electrons. The van der Waals surface area contributed by atoms with Gasteiger partial charge in [0.25, 0.3) is 5.91 Å². The van der Waals surface area contributed by atoms with Crippen molar-refractivity contribution in [3.8, 4) is 0 Å². The first kappa shape index (κ1) is 13.0. The van der Waals surface area contributed by atoms with Crippen LogP contribution < -0.4 is 0 Å². The second-order valence-corrected chi connectivity index (χ2v) is 7.18. The number of aryl methyl sites for hydroxylation is 1. The van der Waals surface area contributed by atoms with Gasteiger partial charge in [0.15, 0.2) is 0 Å². The van der Waals surface area contributed by atoms with E-state index in [1.807, 2.05) is 4.57 Å². The van der Waals surface area contributed by atoms with E-state index in [-0.39, 0.29) is 17.0 Å². The zero-order chi connectivity index (χ0) is 14.7. The fourth-order valence-electron chi connectivity index (χ4n) is 2.53. The van der Waals surface area contributed by atoms with Gasteiger partial charge in [-0.1, -0.05) is 0 Å². The Balaban J connectivity index is 1.61. The Morgan fingerprint density at radius 2 is 2.43 bits per heavy atom. The van der Waals surface area contributed by atoms with Crippen molar-refractivity contribution in [1.82, 2.24) is 14.5 Å². The quantitative estimate of drug-likeness (QED) is 0.475. The van der Waals surface area contributed by atoms with Gasteiger partial charge in [-0.3, -0.25) is 14.3 Å². The van der Waals surface area contributed by atoms with Gasteiger partial charge >= 0.3 is 11.1 Å². The van der Waals surface area contributed by atoms with E-state index in [2.05, 4.69) is 4.98 Å². The Hall–Kier alpha value is -1.71. The molecule has 21 heavy (non-hydrogen) atoms. The number of imidazole rings is 1. The number of aliphatic carboxylic acids is 1. The number of aromatic nitrogens is 2. The van der Waals surface area contributed by atoms with Gasteiger partial charge in [0.05, 0.1) is 17.8 Å². The van der Waals surface area contributed by atoms with E-state index < -0.39 is 17.1 Å². The predicted molar refractivity (Wildman–Crippen MR) is 75.4 cm³/mol. The van der Waals surface area contributed by atoms with Crippen molar-refractivity contribution in [3.05, 3.63) is 28.6 Å². The molecule has 2 atom stereocenters. The van der Waals surface area contributed by atoms with Gasteiger partial charge in [0, 0.05) is 22.8 Å². The summed E-state index contributed by atoms with van der Waals surface area (Å²) in [7, 11) is 0. The Kier molecular flexibility index (Phi) is 2.72. The zero-order valence-corrected chi connectivity index (χ0v) is 12.2. The number of carbonyl (C=O) groups excluding carboxylic acids is 1. The molecule has 1 fully saturated rings. The van der Waals surface area contributed by atoms with Crippen LogP contribution in [0.3, 0.4) is 0 Å². The van der Waals surface area contributed by atoms with E-state index in [0.29, 0.717) is 28.7 Å². The number of carbonyl (C=O) groups is 2. The Morgan fingerprint density at radius 1 is 1.62 bits per heavy atom. The highest BCUT2D eigenvalue weighted by atomic mass is 32.2. The number of nitrogens with zero attached hydrogens (tertiary/aromatic N) is 3.